The molecular weight excluding hydrogens is 452 g/mol. The van der Waals surface area contributed by atoms with Crippen LogP contribution in [-0.2, 0) is 4.79 Å². The molecule has 33 heavy (non-hydrogen) atoms. The van der Waals surface area contributed by atoms with Crippen LogP contribution in [0.25, 0.3) is 10.8 Å². The van der Waals surface area contributed by atoms with E-state index >= 15 is 0 Å². The van der Waals surface area contributed by atoms with Crippen LogP contribution in [0.4, 0.5) is 0 Å². The number of piperazine rings is 1. The minimum absolute atomic E-state index is 0.0411. The van der Waals surface area contributed by atoms with E-state index in [0.717, 1.165) is 67.3 Å². The standard InChI is InChI=1S/C25H36N4O2S2/c1-2-3-9-22-15-29(25(31)24-11-6-8-19-7-4-5-10-23(19)24)13-12-28(22)14-20(26)17-32-33-18-21(27)16-30/h4-8,10-11,16,20-22H,2-3,9,12-15,17-18,26-27H2,1H3/t20-,21-,22+/m1/s1. The fourth-order valence-corrected chi connectivity index (χ4v) is 6.55. The first-order valence-electron chi connectivity index (χ1n) is 11.8. The number of rotatable bonds is 12. The van der Waals surface area contributed by atoms with E-state index in [4.69, 9.17) is 11.5 Å². The molecule has 2 aromatic carbocycles. The number of carbonyl (C=O) groups is 2. The molecule has 1 fully saturated rings. The van der Waals surface area contributed by atoms with Gasteiger partial charge in [0.15, 0.2) is 0 Å². The summed E-state index contributed by atoms with van der Waals surface area (Å²) >= 11 is 0. The molecule has 6 nitrogen and oxygen atoms in total. The van der Waals surface area contributed by atoms with Gasteiger partial charge in [-0.1, -0.05) is 77.8 Å². The lowest BCUT2D eigenvalue weighted by atomic mass is 10.0. The van der Waals surface area contributed by atoms with E-state index in [1.165, 1.54) is 0 Å². The number of nitrogens with zero attached hydrogens (tertiary/aromatic N) is 2. The Bertz CT molecular complexity index is 908. The van der Waals surface area contributed by atoms with E-state index in [0.29, 0.717) is 18.3 Å². The summed E-state index contributed by atoms with van der Waals surface area (Å²) < 4.78 is 0. The first-order valence-corrected chi connectivity index (χ1v) is 14.2. The molecule has 3 atom stereocenters. The topological polar surface area (TPSA) is 92.7 Å². The van der Waals surface area contributed by atoms with Gasteiger partial charge in [-0.15, -0.1) is 0 Å². The van der Waals surface area contributed by atoms with Crippen LogP contribution in [0.15, 0.2) is 42.5 Å². The van der Waals surface area contributed by atoms with Crippen LogP contribution in [0, 0.1) is 0 Å². The van der Waals surface area contributed by atoms with Crippen molar-refractivity contribution in [1.82, 2.24) is 9.80 Å². The van der Waals surface area contributed by atoms with Crippen LogP contribution in [0.3, 0.4) is 0 Å². The summed E-state index contributed by atoms with van der Waals surface area (Å²) in [5, 5.41) is 2.11. The second-order valence-corrected chi connectivity index (χ2v) is 11.3. The van der Waals surface area contributed by atoms with E-state index in [2.05, 4.69) is 24.0 Å². The molecule has 0 bridgehead atoms. The van der Waals surface area contributed by atoms with E-state index < -0.39 is 6.04 Å². The summed E-state index contributed by atoms with van der Waals surface area (Å²) in [4.78, 5) is 28.6. The Kier molecular flexibility index (Phi) is 10.5. The molecule has 0 unspecified atom stereocenters. The highest BCUT2D eigenvalue weighted by Gasteiger charge is 2.31. The molecule has 3 rings (SSSR count). The van der Waals surface area contributed by atoms with Gasteiger partial charge in [-0.2, -0.15) is 0 Å². The number of unbranched alkanes of at least 4 members (excludes halogenated alkanes) is 1. The zero-order valence-corrected chi connectivity index (χ0v) is 21.0. The average Bonchev–Trinajstić information content (AvgIpc) is 2.85. The van der Waals surface area contributed by atoms with E-state index in [1.54, 1.807) is 21.6 Å². The average molecular weight is 489 g/mol. The fraction of sp³-hybridized carbons (Fsp3) is 0.520. The van der Waals surface area contributed by atoms with Crippen LogP contribution in [0.2, 0.25) is 0 Å². The van der Waals surface area contributed by atoms with Crippen LogP contribution in [0.1, 0.15) is 36.5 Å². The summed E-state index contributed by atoms with van der Waals surface area (Å²) in [6.45, 7) is 5.32. The lowest BCUT2D eigenvalue weighted by Gasteiger charge is -2.42. The van der Waals surface area contributed by atoms with Crippen molar-refractivity contribution in [1.29, 1.82) is 0 Å². The molecule has 8 heteroatoms. The van der Waals surface area contributed by atoms with Gasteiger partial charge in [-0.05, 0) is 23.3 Å². The molecule has 0 spiro atoms. The number of carbonyl (C=O) groups excluding carboxylic acids is 2. The molecule has 4 N–H and O–H groups in total. The molecule has 1 aliphatic rings. The SMILES string of the molecule is CCCC[C@H]1CN(C(=O)c2cccc3ccccc23)CCN1C[C@@H](N)CSSC[C@H](N)C=O. The van der Waals surface area contributed by atoms with Gasteiger partial charge in [0.05, 0.1) is 6.04 Å². The van der Waals surface area contributed by atoms with Gasteiger partial charge in [0.1, 0.15) is 6.29 Å². The predicted molar refractivity (Wildman–Crippen MR) is 142 cm³/mol. The van der Waals surface area contributed by atoms with Crippen molar-refractivity contribution in [2.24, 2.45) is 11.5 Å². The van der Waals surface area contributed by atoms with Crippen LogP contribution >= 0.6 is 21.6 Å². The summed E-state index contributed by atoms with van der Waals surface area (Å²) in [6.07, 6.45) is 4.13. The molecule has 0 saturated carbocycles. The van der Waals surface area contributed by atoms with Crippen molar-refractivity contribution >= 4 is 44.6 Å². The molecule has 180 valence electrons. The third-order valence-corrected chi connectivity index (χ3v) is 8.64. The predicted octanol–water partition coefficient (Wildman–Crippen LogP) is 3.39. The van der Waals surface area contributed by atoms with Crippen molar-refractivity contribution in [2.45, 2.75) is 44.3 Å². The zero-order valence-electron chi connectivity index (χ0n) is 19.4. The summed E-state index contributed by atoms with van der Waals surface area (Å²) in [7, 11) is 3.28. The van der Waals surface area contributed by atoms with E-state index in [-0.39, 0.29) is 11.9 Å². The number of nitrogens with two attached hydrogens (primary N) is 2. The Labute approximate surface area is 205 Å². The van der Waals surface area contributed by atoms with Crippen LogP contribution < -0.4 is 11.5 Å². The maximum atomic E-state index is 13.5. The minimum atomic E-state index is -0.413. The molecular formula is C25H36N4O2S2. The number of hydrogen-bond donors (Lipinski definition) is 2. The molecule has 1 heterocycles. The molecule has 1 amide bonds. The number of aldehydes is 1. The third kappa shape index (κ3) is 7.45. The number of hydrogen-bond acceptors (Lipinski definition) is 7. The Balaban J connectivity index is 1.60. The fourth-order valence-electron chi connectivity index (χ4n) is 4.27. The highest BCUT2D eigenvalue weighted by Crippen LogP contribution is 2.25. The van der Waals surface area contributed by atoms with E-state index in [1.807, 2.05) is 35.2 Å². The molecule has 0 aliphatic carbocycles. The van der Waals surface area contributed by atoms with Gasteiger partial charge in [-0.25, -0.2) is 0 Å². The van der Waals surface area contributed by atoms with Crippen LogP contribution in [-0.4, -0.2) is 77.8 Å². The normalized spacial score (nSPS) is 18.9. The Hall–Kier alpha value is -1.58. The smallest absolute Gasteiger partial charge is 0.254 e. The molecule has 0 aromatic heterocycles. The van der Waals surface area contributed by atoms with Crippen molar-refractivity contribution in [3.63, 3.8) is 0 Å². The summed E-state index contributed by atoms with van der Waals surface area (Å²) in [5.41, 5.74) is 12.9. The van der Waals surface area contributed by atoms with Crippen molar-refractivity contribution in [3.8, 4) is 0 Å². The van der Waals surface area contributed by atoms with Crippen molar-refractivity contribution in [3.05, 3.63) is 48.0 Å². The number of fused-ring (bicyclic) bond motifs is 1. The van der Waals surface area contributed by atoms with Gasteiger partial charge in [0.2, 0.25) is 0 Å². The molecule has 1 saturated heterocycles. The summed E-state index contributed by atoms with van der Waals surface area (Å²) in [5.74, 6) is 1.54. The first kappa shape index (κ1) is 26.0. The summed E-state index contributed by atoms with van der Waals surface area (Å²) in [6, 6.07) is 14.0. The quantitative estimate of drug-likeness (QED) is 0.269. The van der Waals surface area contributed by atoms with Gasteiger partial charge in [0, 0.05) is 55.3 Å². The van der Waals surface area contributed by atoms with Gasteiger partial charge in [0.25, 0.3) is 5.91 Å². The molecule has 2 aromatic rings. The lowest BCUT2D eigenvalue weighted by molar-refractivity contribution is -0.108. The third-order valence-electron chi connectivity index (χ3n) is 6.07. The van der Waals surface area contributed by atoms with Crippen molar-refractivity contribution < 1.29 is 9.59 Å². The highest BCUT2D eigenvalue weighted by atomic mass is 33.1. The largest absolute Gasteiger partial charge is 0.336 e. The lowest BCUT2D eigenvalue weighted by Crippen LogP contribution is -2.57. The maximum absolute atomic E-state index is 13.5. The zero-order chi connectivity index (χ0) is 23.6. The molecule has 1 aliphatic heterocycles. The second-order valence-electron chi connectivity index (χ2n) is 8.70. The van der Waals surface area contributed by atoms with Gasteiger partial charge < -0.3 is 21.2 Å². The Morgan fingerprint density at radius 3 is 2.67 bits per heavy atom. The number of benzene rings is 2. The monoisotopic (exact) mass is 488 g/mol. The maximum Gasteiger partial charge on any atom is 0.254 e. The van der Waals surface area contributed by atoms with Gasteiger partial charge >= 0.3 is 0 Å². The first-order chi connectivity index (χ1) is 16.0. The van der Waals surface area contributed by atoms with E-state index in [9.17, 15) is 9.59 Å². The highest BCUT2D eigenvalue weighted by molar-refractivity contribution is 8.76. The minimum Gasteiger partial charge on any atom is -0.336 e. The van der Waals surface area contributed by atoms with Gasteiger partial charge in [-0.3, -0.25) is 9.69 Å². The van der Waals surface area contributed by atoms with Crippen LogP contribution in [0.5, 0.6) is 0 Å². The van der Waals surface area contributed by atoms with Crippen molar-refractivity contribution in [2.75, 3.05) is 37.7 Å². The Morgan fingerprint density at radius 1 is 1.12 bits per heavy atom. The second kappa shape index (κ2) is 13.3. The number of amides is 1. The Morgan fingerprint density at radius 2 is 1.88 bits per heavy atom. The molecule has 0 radical (unpaired) electrons.